The number of amides is 1. The van der Waals surface area contributed by atoms with Crippen molar-refractivity contribution in [3.63, 3.8) is 0 Å². The van der Waals surface area contributed by atoms with Crippen molar-refractivity contribution in [2.45, 2.75) is 37.1 Å². The van der Waals surface area contributed by atoms with Crippen molar-refractivity contribution in [3.8, 4) is 0 Å². The molecule has 0 saturated carbocycles. The van der Waals surface area contributed by atoms with Gasteiger partial charge in [0.1, 0.15) is 18.3 Å². The molecular weight excluding hydrogens is 334 g/mol. The van der Waals surface area contributed by atoms with Crippen LogP contribution in [0.5, 0.6) is 0 Å². The third kappa shape index (κ3) is 4.67. The SMILES string of the molecule is COC(=O)N[C@@H]1C(=O)O[C@H]([C@H](O)CO)[C@H](OCc2ccccc2)[C@H]1O. The highest BCUT2D eigenvalue weighted by Crippen LogP contribution is 2.23. The average Bonchev–Trinajstić information content (AvgIpc) is 2.63. The second kappa shape index (κ2) is 8.77. The molecule has 1 fully saturated rings. The van der Waals surface area contributed by atoms with E-state index in [1.165, 1.54) is 0 Å². The predicted molar refractivity (Wildman–Crippen MR) is 83.3 cm³/mol. The minimum atomic E-state index is -1.50. The van der Waals surface area contributed by atoms with E-state index in [2.05, 4.69) is 10.1 Å². The number of hydrogen-bond acceptors (Lipinski definition) is 8. The lowest BCUT2D eigenvalue weighted by molar-refractivity contribution is -0.211. The quantitative estimate of drug-likeness (QED) is 0.474. The van der Waals surface area contributed by atoms with E-state index in [0.717, 1.165) is 12.7 Å². The molecule has 138 valence electrons. The van der Waals surface area contributed by atoms with Crippen molar-refractivity contribution in [2.75, 3.05) is 13.7 Å². The van der Waals surface area contributed by atoms with Gasteiger partial charge < -0.3 is 34.8 Å². The van der Waals surface area contributed by atoms with Gasteiger partial charge in [-0.25, -0.2) is 9.59 Å². The van der Waals surface area contributed by atoms with Crippen molar-refractivity contribution in [1.29, 1.82) is 0 Å². The van der Waals surface area contributed by atoms with Crippen molar-refractivity contribution in [2.24, 2.45) is 0 Å². The van der Waals surface area contributed by atoms with Crippen LogP contribution in [0.1, 0.15) is 5.56 Å². The van der Waals surface area contributed by atoms with Crippen molar-refractivity contribution in [1.82, 2.24) is 5.32 Å². The van der Waals surface area contributed by atoms with Gasteiger partial charge in [-0.3, -0.25) is 0 Å². The molecule has 1 amide bonds. The molecule has 5 atom stereocenters. The van der Waals surface area contributed by atoms with Crippen molar-refractivity contribution >= 4 is 12.1 Å². The number of rotatable bonds is 6. The maximum Gasteiger partial charge on any atom is 0.407 e. The first-order chi connectivity index (χ1) is 12.0. The number of ether oxygens (including phenoxy) is 3. The van der Waals surface area contributed by atoms with E-state index in [1.807, 2.05) is 6.07 Å². The lowest BCUT2D eigenvalue weighted by atomic mass is 9.94. The number of nitrogens with one attached hydrogen (secondary N) is 1. The van der Waals surface area contributed by atoms with Gasteiger partial charge in [-0.05, 0) is 5.56 Å². The molecule has 1 aliphatic heterocycles. The Morgan fingerprint density at radius 3 is 2.64 bits per heavy atom. The number of esters is 1. The highest BCUT2D eigenvalue weighted by Gasteiger charge is 2.49. The van der Waals surface area contributed by atoms with Crippen LogP contribution >= 0.6 is 0 Å². The number of methoxy groups -OCH3 is 1. The molecule has 0 bridgehead atoms. The van der Waals surface area contributed by atoms with Gasteiger partial charge in [-0.15, -0.1) is 0 Å². The summed E-state index contributed by atoms with van der Waals surface area (Å²) in [6.45, 7) is -0.620. The number of cyclic esters (lactones) is 1. The Hall–Kier alpha value is -2.20. The summed E-state index contributed by atoms with van der Waals surface area (Å²) in [4.78, 5) is 23.4. The van der Waals surface area contributed by atoms with Crippen molar-refractivity contribution < 1.29 is 39.1 Å². The Labute approximate surface area is 144 Å². The molecule has 1 aliphatic rings. The molecule has 1 aromatic rings. The number of alkyl carbamates (subject to hydrolysis) is 1. The summed E-state index contributed by atoms with van der Waals surface area (Å²) in [6.07, 6.45) is -6.33. The first-order valence-corrected chi connectivity index (χ1v) is 7.65. The summed E-state index contributed by atoms with van der Waals surface area (Å²) in [6, 6.07) is 7.60. The number of benzene rings is 1. The second-order valence-corrected chi connectivity index (χ2v) is 5.52. The third-order valence-corrected chi connectivity index (χ3v) is 3.82. The monoisotopic (exact) mass is 355 g/mol. The van der Waals surface area contributed by atoms with E-state index in [1.54, 1.807) is 24.3 Å². The Kier molecular flexibility index (Phi) is 6.71. The van der Waals surface area contributed by atoms with Crippen LogP contribution in [0.3, 0.4) is 0 Å². The summed E-state index contributed by atoms with van der Waals surface area (Å²) >= 11 is 0. The Bertz CT molecular complexity index is 581. The van der Waals surface area contributed by atoms with Crippen LogP contribution in [-0.2, 0) is 25.6 Å². The number of carbonyl (C=O) groups excluding carboxylic acids is 2. The Balaban J connectivity index is 2.15. The maximum atomic E-state index is 12.0. The molecule has 9 heteroatoms. The molecule has 9 nitrogen and oxygen atoms in total. The summed E-state index contributed by atoms with van der Waals surface area (Å²) in [5.74, 6) is -0.963. The van der Waals surface area contributed by atoms with Gasteiger partial charge in [-0.2, -0.15) is 0 Å². The minimum Gasteiger partial charge on any atom is -0.455 e. The van der Waals surface area contributed by atoms with E-state index in [-0.39, 0.29) is 6.61 Å². The van der Waals surface area contributed by atoms with Crippen LogP contribution in [0, 0.1) is 0 Å². The minimum absolute atomic E-state index is 0.0692. The normalized spacial score (nSPS) is 27.3. The highest BCUT2D eigenvalue weighted by atomic mass is 16.6. The van der Waals surface area contributed by atoms with Gasteiger partial charge in [0, 0.05) is 0 Å². The number of carbonyl (C=O) groups is 2. The molecule has 0 aliphatic carbocycles. The van der Waals surface area contributed by atoms with Crippen LogP contribution in [0.4, 0.5) is 4.79 Å². The maximum absolute atomic E-state index is 12.0. The van der Waals surface area contributed by atoms with E-state index < -0.39 is 49.1 Å². The zero-order valence-corrected chi connectivity index (χ0v) is 13.6. The second-order valence-electron chi connectivity index (χ2n) is 5.52. The topological polar surface area (TPSA) is 135 Å². The molecule has 2 rings (SSSR count). The number of aliphatic hydroxyl groups is 3. The number of aliphatic hydroxyl groups excluding tert-OH is 3. The molecule has 1 saturated heterocycles. The summed E-state index contributed by atoms with van der Waals surface area (Å²) in [5.41, 5.74) is 0.793. The standard InChI is InChI=1S/C16H21NO8/c1-23-16(22)17-11-12(20)14(13(10(19)7-18)25-15(11)21)24-8-9-5-3-2-4-6-9/h2-6,10-14,18-20H,7-8H2,1H3,(H,17,22)/t10-,11+,12+,13-,14-/m1/s1. The molecule has 0 unspecified atom stereocenters. The Morgan fingerprint density at radius 2 is 2.04 bits per heavy atom. The summed E-state index contributed by atoms with van der Waals surface area (Å²) in [7, 11) is 1.11. The first-order valence-electron chi connectivity index (χ1n) is 7.65. The molecule has 4 N–H and O–H groups in total. The summed E-state index contributed by atoms with van der Waals surface area (Å²) < 4.78 is 15.1. The van der Waals surface area contributed by atoms with Crippen LogP contribution in [0.25, 0.3) is 0 Å². The zero-order chi connectivity index (χ0) is 18.4. The highest BCUT2D eigenvalue weighted by molar-refractivity contribution is 5.83. The van der Waals surface area contributed by atoms with E-state index in [0.29, 0.717) is 0 Å². The van der Waals surface area contributed by atoms with E-state index in [4.69, 9.17) is 14.6 Å². The fourth-order valence-corrected chi connectivity index (χ4v) is 2.49. The molecule has 0 spiro atoms. The van der Waals surface area contributed by atoms with Crippen LogP contribution in [0.2, 0.25) is 0 Å². The molecule has 25 heavy (non-hydrogen) atoms. The molecule has 0 radical (unpaired) electrons. The number of hydrogen-bond donors (Lipinski definition) is 4. The smallest absolute Gasteiger partial charge is 0.407 e. The van der Waals surface area contributed by atoms with Gasteiger partial charge in [0.2, 0.25) is 0 Å². The van der Waals surface area contributed by atoms with Gasteiger partial charge in [-0.1, -0.05) is 30.3 Å². The van der Waals surface area contributed by atoms with Gasteiger partial charge in [0.25, 0.3) is 0 Å². The van der Waals surface area contributed by atoms with Crippen LogP contribution in [0.15, 0.2) is 30.3 Å². The fraction of sp³-hybridized carbons (Fsp3) is 0.500. The molecular formula is C16H21NO8. The van der Waals surface area contributed by atoms with E-state index in [9.17, 15) is 19.8 Å². The van der Waals surface area contributed by atoms with E-state index >= 15 is 0 Å². The van der Waals surface area contributed by atoms with Crippen LogP contribution < -0.4 is 5.32 Å². The van der Waals surface area contributed by atoms with Gasteiger partial charge in [0.05, 0.1) is 20.3 Å². The zero-order valence-electron chi connectivity index (χ0n) is 13.6. The molecule has 1 heterocycles. The van der Waals surface area contributed by atoms with Gasteiger partial charge >= 0.3 is 12.1 Å². The van der Waals surface area contributed by atoms with Crippen LogP contribution in [-0.4, -0.2) is 71.6 Å². The first kappa shape index (κ1) is 19.1. The largest absolute Gasteiger partial charge is 0.455 e. The lowest BCUT2D eigenvalue weighted by Crippen LogP contribution is -2.65. The third-order valence-electron chi connectivity index (χ3n) is 3.82. The fourth-order valence-electron chi connectivity index (χ4n) is 2.49. The lowest BCUT2D eigenvalue weighted by Gasteiger charge is -2.40. The molecule has 0 aromatic heterocycles. The van der Waals surface area contributed by atoms with Crippen molar-refractivity contribution in [3.05, 3.63) is 35.9 Å². The average molecular weight is 355 g/mol. The molecule has 1 aromatic carbocycles. The summed E-state index contributed by atoms with van der Waals surface area (Å²) in [5, 5.41) is 31.6. The van der Waals surface area contributed by atoms with Gasteiger partial charge in [0.15, 0.2) is 12.1 Å². The Morgan fingerprint density at radius 1 is 1.36 bits per heavy atom. The predicted octanol–water partition coefficient (Wildman–Crippen LogP) is -1.06.